The van der Waals surface area contributed by atoms with Gasteiger partial charge in [-0.05, 0) is 92.0 Å². The summed E-state index contributed by atoms with van der Waals surface area (Å²) < 4.78 is 10.6. The molecule has 1 unspecified atom stereocenters. The van der Waals surface area contributed by atoms with Crippen LogP contribution < -0.4 is 5.32 Å². The Hall–Kier alpha value is -2.39. The van der Waals surface area contributed by atoms with E-state index in [0.717, 1.165) is 54.8 Å². The number of aryl methyl sites for hydroxylation is 1. The molecule has 2 aromatic rings. The average Bonchev–Trinajstić information content (AvgIpc) is 3.42. The number of carbonyl (C=O) groups is 2. The number of nitrogens with zero attached hydrogens (tertiary/aromatic N) is 1. The average molecular weight is 585 g/mol. The van der Waals surface area contributed by atoms with Crippen LogP contribution in [0.15, 0.2) is 42.5 Å². The zero-order chi connectivity index (χ0) is 29.6. The van der Waals surface area contributed by atoms with Crippen LogP contribution in [0.3, 0.4) is 0 Å². The smallest absolute Gasteiger partial charge is 0.326 e. The van der Waals surface area contributed by atoms with Crippen molar-refractivity contribution in [3.8, 4) is 11.1 Å². The summed E-state index contributed by atoms with van der Waals surface area (Å²) in [7, 11) is 3.56. The van der Waals surface area contributed by atoms with E-state index in [9.17, 15) is 14.7 Å². The number of amides is 1. The number of carbonyl (C=O) groups excluding carboxylic acids is 1. The summed E-state index contributed by atoms with van der Waals surface area (Å²) in [6, 6.07) is 13.4. The normalized spacial score (nSPS) is 18.4. The molecule has 1 amide bonds. The van der Waals surface area contributed by atoms with Crippen molar-refractivity contribution >= 4 is 23.6 Å². The molecule has 1 heterocycles. The zero-order valence-corrected chi connectivity index (χ0v) is 26.0. The van der Waals surface area contributed by atoms with Crippen LogP contribution >= 0.6 is 11.8 Å². The number of hydrogen-bond acceptors (Lipinski definition) is 6. The monoisotopic (exact) mass is 584 g/mol. The number of methoxy groups -OCH3 is 2. The summed E-state index contributed by atoms with van der Waals surface area (Å²) in [6.45, 7) is 4.57. The third-order valence-corrected chi connectivity index (χ3v) is 8.75. The summed E-state index contributed by atoms with van der Waals surface area (Å²) in [5.74, 6) is -0.698. The van der Waals surface area contributed by atoms with Crippen molar-refractivity contribution in [1.29, 1.82) is 0 Å². The molecule has 0 bridgehead atoms. The maximum Gasteiger partial charge on any atom is 0.326 e. The molecule has 1 saturated heterocycles. The van der Waals surface area contributed by atoms with Gasteiger partial charge in [0.25, 0.3) is 5.91 Å². The highest BCUT2D eigenvalue weighted by molar-refractivity contribution is 7.98. The summed E-state index contributed by atoms with van der Waals surface area (Å²) in [6.07, 6.45) is 11.9. The molecule has 0 radical (unpaired) electrons. The Labute approximate surface area is 250 Å². The second-order valence-corrected chi connectivity index (χ2v) is 12.0. The number of aliphatic carboxylic acids is 1. The van der Waals surface area contributed by atoms with Crippen molar-refractivity contribution in [2.75, 3.05) is 39.4 Å². The molecular weight excluding hydrogens is 536 g/mol. The van der Waals surface area contributed by atoms with Gasteiger partial charge in [0, 0.05) is 32.4 Å². The van der Waals surface area contributed by atoms with Gasteiger partial charge < -0.3 is 19.9 Å². The van der Waals surface area contributed by atoms with Crippen LogP contribution in [-0.2, 0) is 20.8 Å². The molecule has 41 heavy (non-hydrogen) atoms. The van der Waals surface area contributed by atoms with Crippen molar-refractivity contribution in [1.82, 2.24) is 10.2 Å². The number of nitrogens with one attached hydrogen (secondary N) is 1. The highest BCUT2D eigenvalue weighted by Crippen LogP contribution is 2.30. The Balaban J connectivity index is 0.000000496. The summed E-state index contributed by atoms with van der Waals surface area (Å²) in [4.78, 5) is 27.3. The molecular formula is C33H48N2O5S. The summed E-state index contributed by atoms with van der Waals surface area (Å²) >= 11 is 1.56. The molecule has 2 aliphatic rings. The number of benzene rings is 2. The number of thioether (sulfide) groups is 1. The molecule has 1 aliphatic heterocycles. The van der Waals surface area contributed by atoms with Crippen LogP contribution in [0.25, 0.3) is 11.1 Å². The van der Waals surface area contributed by atoms with Crippen molar-refractivity contribution in [3.05, 3.63) is 59.2 Å². The molecule has 2 fully saturated rings. The molecule has 4 rings (SSSR count). The van der Waals surface area contributed by atoms with E-state index in [1.54, 1.807) is 18.9 Å². The van der Waals surface area contributed by atoms with E-state index >= 15 is 0 Å². The topological polar surface area (TPSA) is 88.1 Å². The molecule has 7 nitrogen and oxygen atoms in total. The zero-order valence-electron chi connectivity index (χ0n) is 25.2. The molecule has 1 aliphatic carbocycles. The Morgan fingerprint density at radius 1 is 1.05 bits per heavy atom. The minimum atomic E-state index is -1.01. The molecule has 0 spiro atoms. The van der Waals surface area contributed by atoms with Crippen LogP contribution in [0, 0.1) is 6.92 Å². The van der Waals surface area contributed by atoms with E-state index in [1.165, 1.54) is 32.1 Å². The third-order valence-electron chi connectivity index (χ3n) is 8.11. The van der Waals surface area contributed by atoms with Gasteiger partial charge in [0.15, 0.2) is 0 Å². The first-order valence-electron chi connectivity index (χ1n) is 14.8. The van der Waals surface area contributed by atoms with E-state index in [2.05, 4.69) is 16.3 Å². The van der Waals surface area contributed by atoms with Crippen LogP contribution in [0.4, 0.5) is 0 Å². The van der Waals surface area contributed by atoms with E-state index in [1.807, 2.05) is 56.7 Å². The molecule has 0 aromatic heterocycles. The van der Waals surface area contributed by atoms with E-state index in [-0.39, 0.29) is 5.91 Å². The van der Waals surface area contributed by atoms with Gasteiger partial charge in [-0.15, -0.1) is 0 Å². The van der Waals surface area contributed by atoms with Gasteiger partial charge in [0.1, 0.15) is 6.04 Å². The van der Waals surface area contributed by atoms with Gasteiger partial charge in [-0.1, -0.05) is 49.6 Å². The lowest BCUT2D eigenvalue weighted by molar-refractivity contribution is -0.139. The summed E-state index contributed by atoms with van der Waals surface area (Å²) in [5.41, 5.74) is 4.51. The molecule has 8 heteroatoms. The number of ether oxygens (including phenoxy) is 2. The van der Waals surface area contributed by atoms with Crippen LogP contribution in [0.1, 0.15) is 72.9 Å². The second-order valence-electron chi connectivity index (χ2n) is 11.1. The first-order chi connectivity index (χ1) is 19.9. The Kier molecular flexibility index (Phi) is 14.2. The Bertz CT molecular complexity index is 1100. The quantitative estimate of drug-likeness (QED) is 0.308. The van der Waals surface area contributed by atoms with Crippen molar-refractivity contribution < 1.29 is 24.2 Å². The van der Waals surface area contributed by atoms with Crippen LogP contribution in [0.2, 0.25) is 0 Å². The van der Waals surface area contributed by atoms with Crippen molar-refractivity contribution in [2.45, 2.75) is 83.0 Å². The van der Waals surface area contributed by atoms with Gasteiger partial charge in [-0.25, -0.2) is 4.79 Å². The molecule has 1 saturated carbocycles. The van der Waals surface area contributed by atoms with E-state index < -0.39 is 12.0 Å². The lowest BCUT2D eigenvalue weighted by atomic mass is 9.93. The largest absolute Gasteiger partial charge is 0.480 e. The minimum absolute atomic E-state index is 0.355. The number of carboxylic acid groups (broad SMARTS) is 1. The van der Waals surface area contributed by atoms with Crippen LogP contribution in [-0.4, -0.2) is 79.5 Å². The fraction of sp³-hybridized carbons (Fsp3) is 0.576. The number of rotatable bonds is 12. The third kappa shape index (κ3) is 10.1. The predicted octanol–water partition coefficient (Wildman–Crippen LogP) is 6.17. The lowest BCUT2D eigenvalue weighted by Gasteiger charge is -2.24. The van der Waals surface area contributed by atoms with Crippen LogP contribution in [0.5, 0.6) is 0 Å². The fourth-order valence-electron chi connectivity index (χ4n) is 5.73. The van der Waals surface area contributed by atoms with Gasteiger partial charge in [-0.2, -0.15) is 11.8 Å². The highest BCUT2D eigenvalue weighted by atomic mass is 32.2. The van der Waals surface area contributed by atoms with Gasteiger partial charge in [0.2, 0.25) is 0 Å². The first-order valence-corrected chi connectivity index (χ1v) is 16.2. The Morgan fingerprint density at radius 2 is 1.80 bits per heavy atom. The number of carboxylic acids is 1. The molecule has 2 N–H and O–H groups in total. The summed E-state index contributed by atoms with van der Waals surface area (Å²) in [5, 5.41) is 12.3. The maximum absolute atomic E-state index is 13.2. The number of hydrogen-bond donors (Lipinski definition) is 2. The highest BCUT2D eigenvalue weighted by Gasteiger charge is 2.26. The Morgan fingerprint density at radius 3 is 2.44 bits per heavy atom. The fourth-order valence-corrected chi connectivity index (χ4v) is 6.21. The van der Waals surface area contributed by atoms with Gasteiger partial charge >= 0.3 is 5.97 Å². The standard InChI is InChI=1S/C26H34N2O4S.C7H14O/c1-18-7-4-5-9-21(18)23-15-19(16-28-13-6-8-20(28)17-32-2)10-11-22(23)25(29)27-24(26(30)31)12-14-33-3;1-8-7-5-3-2-4-6-7/h4-5,7,9-11,15,20,24H,6,8,12-14,16-17H2,1-3H3,(H,27,29)(H,30,31);7H,2-6H2,1H3/t20-,24?;/m0./s1. The van der Waals surface area contributed by atoms with E-state index in [4.69, 9.17) is 9.47 Å². The molecule has 2 aromatic carbocycles. The van der Waals surface area contributed by atoms with Gasteiger partial charge in [0.05, 0.1) is 12.7 Å². The second kappa shape index (κ2) is 17.5. The number of likely N-dealkylation sites (tertiary alicyclic amines) is 1. The van der Waals surface area contributed by atoms with Crippen molar-refractivity contribution in [2.24, 2.45) is 0 Å². The SMILES string of the molecule is COC1CCCCC1.COC[C@@H]1CCCN1Cc1ccc(C(=O)NC(CCSC)C(=O)O)c(-c2ccccc2C)c1. The van der Waals surface area contributed by atoms with E-state index in [0.29, 0.717) is 29.9 Å². The predicted molar refractivity (Wildman–Crippen MR) is 168 cm³/mol. The van der Waals surface area contributed by atoms with Crippen molar-refractivity contribution in [3.63, 3.8) is 0 Å². The molecule has 2 atom stereocenters. The maximum atomic E-state index is 13.2. The first kappa shape index (κ1) is 33.1. The minimum Gasteiger partial charge on any atom is -0.480 e. The lowest BCUT2D eigenvalue weighted by Crippen LogP contribution is -2.41. The van der Waals surface area contributed by atoms with Gasteiger partial charge in [-0.3, -0.25) is 9.69 Å². The molecule has 226 valence electrons.